The molecule has 1 aliphatic carbocycles. The highest BCUT2D eigenvalue weighted by Gasteiger charge is 2.45. The van der Waals surface area contributed by atoms with Crippen LogP contribution in [0.3, 0.4) is 0 Å². The third kappa shape index (κ3) is 3.58. The van der Waals surface area contributed by atoms with Crippen molar-refractivity contribution in [3.8, 4) is 5.75 Å². The maximum atomic E-state index is 12.9. The van der Waals surface area contributed by atoms with Gasteiger partial charge in [-0.3, -0.25) is 4.79 Å². The summed E-state index contributed by atoms with van der Waals surface area (Å²) in [5.41, 5.74) is -0.0289. The molecule has 7 heteroatoms. The average Bonchev–Trinajstić information content (AvgIpc) is 2.83. The van der Waals surface area contributed by atoms with Gasteiger partial charge in [-0.1, -0.05) is 29.3 Å². The van der Waals surface area contributed by atoms with Crippen molar-refractivity contribution < 1.29 is 24.2 Å². The maximum Gasteiger partial charge on any atom is 0.344 e. The van der Waals surface area contributed by atoms with Crippen LogP contribution in [-0.4, -0.2) is 28.7 Å². The molecule has 1 aromatic rings. The van der Waals surface area contributed by atoms with E-state index in [0.29, 0.717) is 18.4 Å². The Morgan fingerprint density at radius 1 is 1.44 bits per heavy atom. The zero-order valence-electron chi connectivity index (χ0n) is 13.9. The minimum atomic E-state index is -1.15. The van der Waals surface area contributed by atoms with Gasteiger partial charge in [0.05, 0.1) is 10.4 Å². The zero-order chi connectivity index (χ0) is 18.9. The van der Waals surface area contributed by atoms with E-state index >= 15 is 0 Å². The molecule has 0 aliphatic heterocycles. The topological polar surface area (TPSA) is 80.7 Å². The lowest BCUT2D eigenvalue weighted by atomic mass is 9.79. The normalized spacial score (nSPS) is 20.1. The average molecular weight is 385 g/mol. The predicted octanol–water partition coefficient (Wildman–Crippen LogP) is 4.13. The Hall–Kier alpha value is -1.85. The summed E-state index contributed by atoms with van der Waals surface area (Å²) in [5.74, 6) is -1.29. The summed E-state index contributed by atoms with van der Waals surface area (Å²) >= 11 is 12.4. The molecule has 1 aliphatic rings. The Labute approximate surface area is 155 Å². The highest BCUT2D eigenvalue weighted by Crippen LogP contribution is 2.48. The molecule has 0 fully saturated rings. The van der Waals surface area contributed by atoms with Crippen molar-refractivity contribution in [1.29, 1.82) is 0 Å². The molecule has 25 heavy (non-hydrogen) atoms. The molecular weight excluding hydrogens is 367 g/mol. The second kappa shape index (κ2) is 7.18. The van der Waals surface area contributed by atoms with Gasteiger partial charge in [0, 0.05) is 12.0 Å². The number of carbonyl (C=O) groups excluding carboxylic acids is 2. The molecule has 2 atom stereocenters. The summed E-state index contributed by atoms with van der Waals surface area (Å²) in [7, 11) is 0. The second-order valence-electron chi connectivity index (χ2n) is 6.20. The van der Waals surface area contributed by atoms with E-state index in [1.807, 2.05) is 0 Å². The van der Waals surface area contributed by atoms with Crippen molar-refractivity contribution in [3.05, 3.63) is 39.9 Å². The molecule has 0 aromatic heterocycles. The van der Waals surface area contributed by atoms with Gasteiger partial charge in [-0.05, 0) is 38.3 Å². The number of rotatable bonds is 7. The molecule has 0 amide bonds. The van der Waals surface area contributed by atoms with Crippen LogP contribution >= 0.6 is 23.2 Å². The monoisotopic (exact) mass is 384 g/mol. The number of carboxylic acids is 1. The lowest BCUT2D eigenvalue weighted by Crippen LogP contribution is -2.26. The van der Waals surface area contributed by atoms with Crippen molar-refractivity contribution in [2.45, 2.75) is 39.2 Å². The minimum absolute atomic E-state index is 0.00621. The van der Waals surface area contributed by atoms with Gasteiger partial charge in [-0.2, -0.15) is 0 Å². The van der Waals surface area contributed by atoms with Crippen LogP contribution in [-0.2, 0) is 16.0 Å². The van der Waals surface area contributed by atoms with Crippen molar-refractivity contribution in [2.24, 2.45) is 5.41 Å². The SMILES string of the molecule is C=CC1(CCC(C)=O)Cc2cc(OC(C)C(=O)O)c(Cl)c(Cl)c2C1=O. The molecular formula is C18H18Cl2O5. The second-order valence-corrected chi connectivity index (χ2v) is 6.96. The molecule has 2 rings (SSSR count). The summed E-state index contributed by atoms with van der Waals surface area (Å²) in [6.45, 7) is 6.59. The quantitative estimate of drug-likeness (QED) is 0.714. The highest BCUT2D eigenvalue weighted by atomic mass is 35.5. The molecule has 1 N–H and O–H groups in total. The van der Waals surface area contributed by atoms with Gasteiger partial charge in [-0.15, -0.1) is 6.58 Å². The largest absolute Gasteiger partial charge is 0.479 e. The Kier molecular flexibility index (Phi) is 5.59. The van der Waals surface area contributed by atoms with E-state index in [4.69, 9.17) is 33.0 Å². The molecule has 0 heterocycles. The summed E-state index contributed by atoms with van der Waals surface area (Å²) in [6.07, 6.45) is 1.31. The molecule has 0 saturated heterocycles. The number of halogens is 2. The standard InChI is InChI=1S/C18H18Cl2O5/c1-4-18(6-5-9(2)21)8-11-7-12(25-10(3)17(23)24)14(19)15(20)13(11)16(18)22/h4,7,10H,1,5-6,8H2,2-3H3,(H,23,24). The number of allylic oxidation sites excluding steroid dienone is 1. The Morgan fingerprint density at radius 2 is 2.08 bits per heavy atom. The van der Waals surface area contributed by atoms with Crippen LogP contribution in [0.4, 0.5) is 0 Å². The van der Waals surface area contributed by atoms with Crippen LogP contribution in [0, 0.1) is 5.41 Å². The number of carbonyl (C=O) groups is 3. The number of benzene rings is 1. The smallest absolute Gasteiger partial charge is 0.344 e. The fourth-order valence-electron chi connectivity index (χ4n) is 2.90. The van der Waals surface area contributed by atoms with E-state index in [1.165, 1.54) is 13.8 Å². The van der Waals surface area contributed by atoms with Gasteiger partial charge in [-0.25, -0.2) is 4.79 Å². The lowest BCUT2D eigenvalue weighted by Gasteiger charge is -2.22. The Morgan fingerprint density at radius 3 is 2.60 bits per heavy atom. The van der Waals surface area contributed by atoms with Gasteiger partial charge < -0.3 is 14.6 Å². The third-order valence-electron chi connectivity index (χ3n) is 4.41. The van der Waals surface area contributed by atoms with Gasteiger partial charge in [0.1, 0.15) is 16.6 Å². The number of Topliss-reactive ketones (excluding diaryl/α,β-unsaturated/α-hetero) is 2. The Bertz CT molecular complexity index is 771. The highest BCUT2D eigenvalue weighted by molar-refractivity contribution is 6.45. The van der Waals surface area contributed by atoms with Crippen LogP contribution in [0.2, 0.25) is 10.0 Å². The van der Waals surface area contributed by atoms with Crippen molar-refractivity contribution in [2.75, 3.05) is 0 Å². The molecule has 2 unspecified atom stereocenters. The van der Waals surface area contributed by atoms with E-state index < -0.39 is 17.5 Å². The third-order valence-corrected chi connectivity index (χ3v) is 5.26. The van der Waals surface area contributed by atoms with Gasteiger partial charge in [0.15, 0.2) is 11.9 Å². The van der Waals surface area contributed by atoms with Gasteiger partial charge >= 0.3 is 5.97 Å². The number of ketones is 2. The molecule has 1 aromatic carbocycles. The van der Waals surface area contributed by atoms with E-state index in [2.05, 4.69) is 6.58 Å². The van der Waals surface area contributed by atoms with Crippen LogP contribution in [0.1, 0.15) is 42.6 Å². The van der Waals surface area contributed by atoms with E-state index in [-0.39, 0.29) is 39.3 Å². The minimum Gasteiger partial charge on any atom is -0.479 e. The number of hydrogen-bond acceptors (Lipinski definition) is 4. The van der Waals surface area contributed by atoms with Crippen LogP contribution in [0.5, 0.6) is 5.75 Å². The van der Waals surface area contributed by atoms with E-state index in [1.54, 1.807) is 12.1 Å². The number of fused-ring (bicyclic) bond motifs is 1. The van der Waals surface area contributed by atoms with E-state index in [9.17, 15) is 14.4 Å². The van der Waals surface area contributed by atoms with Gasteiger partial charge in [0.25, 0.3) is 0 Å². The first-order chi connectivity index (χ1) is 11.6. The number of carboxylic acid groups (broad SMARTS) is 1. The summed E-state index contributed by atoms with van der Waals surface area (Å²) in [6, 6.07) is 1.54. The molecule has 134 valence electrons. The van der Waals surface area contributed by atoms with Crippen molar-refractivity contribution >= 4 is 40.7 Å². The van der Waals surface area contributed by atoms with Gasteiger partial charge in [0.2, 0.25) is 0 Å². The van der Waals surface area contributed by atoms with Crippen LogP contribution < -0.4 is 4.74 Å². The first-order valence-electron chi connectivity index (χ1n) is 7.71. The number of hydrogen-bond donors (Lipinski definition) is 1. The predicted molar refractivity (Wildman–Crippen MR) is 94.8 cm³/mol. The first-order valence-corrected chi connectivity index (χ1v) is 8.46. The number of ether oxygens (including phenoxy) is 1. The maximum absolute atomic E-state index is 12.9. The fourth-order valence-corrected chi connectivity index (χ4v) is 3.40. The van der Waals surface area contributed by atoms with Crippen LogP contribution in [0.25, 0.3) is 0 Å². The molecule has 0 bridgehead atoms. The van der Waals surface area contributed by atoms with Crippen molar-refractivity contribution in [3.63, 3.8) is 0 Å². The molecule has 5 nitrogen and oxygen atoms in total. The molecule has 0 saturated carbocycles. The Balaban J connectivity index is 2.45. The summed E-state index contributed by atoms with van der Waals surface area (Å²) in [5, 5.41) is 9.01. The van der Waals surface area contributed by atoms with Crippen LogP contribution in [0.15, 0.2) is 18.7 Å². The molecule has 0 spiro atoms. The zero-order valence-corrected chi connectivity index (χ0v) is 15.4. The summed E-state index contributed by atoms with van der Waals surface area (Å²) in [4.78, 5) is 35.2. The number of aliphatic carboxylic acids is 1. The summed E-state index contributed by atoms with van der Waals surface area (Å²) < 4.78 is 5.34. The van der Waals surface area contributed by atoms with Crippen molar-refractivity contribution in [1.82, 2.24) is 0 Å². The first kappa shape index (κ1) is 19.5. The fraction of sp³-hybridized carbons (Fsp3) is 0.389. The lowest BCUT2D eigenvalue weighted by molar-refractivity contribution is -0.144. The van der Waals surface area contributed by atoms with E-state index in [0.717, 1.165) is 0 Å². The molecule has 0 radical (unpaired) electrons.